The molecule has 0 atom stereocenters. The number of nitrogens with two attached hydrogens (primary N) is 1. The molecular weight excluding hydrogens is 218 g/mol. The van der Waals surface area contributed by atoms with Gasteiger partial charge in [0.15, 0.2) is 6.29 Å². The van der Waals surface area contributed by atoms with Gasteiger partial charge >= 0.3 is 0 Å². The van der Waals surface area contributed by atoms with Gasteiger partial charge in [-0.15, -0.1) is 0 Å². The third kappa shape index (κ3) is 2.99. The van der Waals surface area contributed by atoms with Crippen molar-refractivity contribution in [2.24, 2.45) is 0 Å². The Bertz CT molecular complexity index is 386. The van der Waals surface area contributed by atoms with Gasteiger partial charge in [-0.1, -0.05) is 18.7 Å². The summed E-state index contributed by atoms with van der Waals surface area (Å²) in [4.78, 5) is 0. The largest absolute Gasteiger partial charge is 0.487 e. The van der Waals surface area contributed by atoms with Crippen molar-refractivity contribution in [1.82, 2.24) is 0 Å². The molecule has 1 aromatic rings. The molecule has 1 fully saturated rings. The normalized spacial score (nSPS) is 16.7. The minimum absolute atomic E-state index is 0.306. The van der Waals surface area contributed by atoms with Gasteiger partial charge in [0, 0.05) is 5.56 Å². The summed E-state index contributed by atoms with van der Waals surface area (Å²) < 4.78 is 16.4. The maximum absolute atomic E-state index is 5.90. The minimum atomic E-state index is -0.306. The molecule has 0 aliphatic carbocycles. The molecule has 4 nitrogen and oxygen atoms in total. The molecule has 1 aliphatic heterocycles. The summed E-state index contributed by atoms with van der Waals surface area (Å²) in [7, 11) is 0. The Morgan fingerprint density at radius 3 is 2.82 bits per heavy atom. The second-order valence-electron chi connectivity index (χ2n) is 3.82. The molecule has 0 radical (unpaired) electrons. The molecule has 0 saturated carbocycles. The molecule has 92 valence electrons. The molecular formula is C13H17NO3. The summed E-state index contributed by atoms with van der Waals surface area (Å²) in [6, 6.07) is 5.56. The zero-order valence-electron chi connectivity index (χ0n) is 9.72. The minimum Gasteiger partial charge on any atom is -0.487 e. The van der Waals surface area contributed by atoms with Crippen LogP contribution in [0.3, 0.4) is 0 Å². The Labute approximate surface area is 101 Å². The van der Waals surface area contributed by atoms with Crippen molar-refractivity contribution < 1.29 is 14.2 Å². The molecule has 0 bridgehead atoms. The highest BCUT2D eigenvalue weighted by atomic mass is 16.7. The van der Waals surface area contributed by atoms with Crippen LogP contribution in [0.15, 0.2) is 30.9 Å². The highest BCUT2D eigenvalue weighted by Gasteiger charge is 2.17. The van der Waals surface area contributed by atoms with Crippen LogP contribution in [0.2, 0.25) is 0 Å². The zero-order chi connectivity index (χ0) is 12.1. The number of nitrogen functional groups attached to an aromatic ring is 1. The van der Waals surface area contributed by atoms with E-state index in [9.17, 15) is 0 Å². The second kappa shape index (κ2) is 5.70. The summed E-state index contributed by atoms with van der Waals surface area (Å²) in [5, 5.41) is 0. The van der Waals surface area contributed by atoms with E-state index in [1.165, 1.54) is 0 Å². The third-order valence-corrected chi connectivity index (χ3v) is 2.49. The van der Waals surface area contributed by atoms with Crippen molar-refractivity contribution in [2.45, 2.75) is 12.7 Å². The zero-order valence-corrected chi connectivity index (χ0v) is 9.72. The Morgan fingerprint density at radius 2 is 2.18 bits per heavy atom. The fourth-order valence-electron chi connectivity index (χ4n) is 1.67. The second-order valence-corrected chi connectivity index (χ2v) is 3.82. The van der Waals surface area contributed by atoms with Gasteiger partial charge in [0.1, 0.15) is 12.4 Å². The Morgan fingerprint density at radius 1 is 1.41 bits per heavy atom. The first-order valence-electron chi connectivity index (χ1n) is 5.67. The lowest BCUT2D eigenvalue weighted by Crippen LogP contribution is -2.17. The van der Waals surface area contributed by atoms with E-state index in [1.54, 1.807) is 6.08 Å². The van der Waals surface area contributed by atoms with E-state index >= 15 is 0 Å². The molecule has 4 heteroatoms. The van der Waals surface area contributed by atoms with E-state index in [0.29, 0.717) is 18.0 Å². The predicted octanol–water partition coefficient (Wildman–Crippen LogP) is 2.27. The standard InChI is InChI=1S/C13H17NO3/c1-2-6-15-12-5-4-10(9-11(12)14)13-16-7-3-8-17-13/h2,4-5,9,13H,1,3,6-8,14H2. The number of ether oxygens (including phenoxy) is 3. The Hall–Kier alpha value is -1.52. The first-order chi connectivity index (χ1) is 8.31. The van der Waals surface area contributed by atoms with Crippen molar-refractivity contribution in [3.63, 3.8) is 0 Å². The van der Waals surface area contributed by atoms with Crippen molar-refractivity contribution in [3.8, 4) is 5.75 Å². The van der Waals surface area contributed by atoms with Gasteiger partial charge in [-0.05, 0) is 18.6 Å². The number of benzene rings is 1. The third-order valence-electron chi connectivity index (χ3n) is 2.49. The van der Waals surface area contributed by atoms with Gasteiger partial charge in [-0.25, -0.2) is 0 Å². The maximum Gasteiger partial charge on any atom is 0.183 e. The molecule has 0 unspecified atom stereocenters. The molecule has 2 N–H and O–H groups in total. The molecule has 2 rings (SSSR count). The number of hydrogen-bond acceptors (Lipinski definition) is 4. The molecule has 1 aromatic carbocycles. The lowest BCUT2D eigenvalue weighted by molar-refractivity contribution is -0.183. The molecule has 0 amide bonds. The van der Waals surface area contributed by atoms with Crippen LogP contribution in [0.5, 0.6) is 5.75 Å². The first kappa shape index (κ1) is 12.0. The van der Waals surface area contributed by atoms with Crippen LogP contribution in [-0.4, -0.2) is 19.8 Å². The van der Waals surface area contributed by atoms with E-state index in [2.05, 4.69) is 6.58 Å². The molecule has 17 heavy (non-hydrogen) atoms. The number of rotatable bonds is 4. The summed E-state index contributed by atoms with van der Waals surface area (Å²) in [6.07, 6.45) is 2.31. The Balaban J connectivity index is 2.09. The van der Waals surface area contributed by atoms with E-state index in [0.717, 1.165) is 25.2 Å². The molecule has 0 spiro atoms. The topological polar surface area (TPSA) is 53.7 Å². The summed E-state index contributed by atoms with van der Waals surface area (Å²) in [5.74, 6) is 0.657. The summed E-state index contributed by atoms with van der Waals surface area (Å²) in [5.41, 5.74) is 7.41. The SMILES string of the molecule is C=CCOc1ccc(C2OCCCO2)cc1N. The molecule has 1 aliphatic rings. The van der Waals surface area contributed by atoms with Gasteiger partial charge in [-0.3, -0.25) is 0 Å². The van der Waals surface area contributed by atoms with Crippen molar-refractivity contribution in [2.75, 3.05) is 25.6 Å². The highest BCUT2D eigenvalue weighted by Crippen LogP contribution is 2.29. The van der Waals surface area contributed by atoms with E-state index in [4.69, 9.17) is 19.9 Å². The molecule has 1 saturated heterocycles. The van der Waals surface area contributed by atoms with Gasteiger partial charge in [0.05, 0.1) is 18.9 Å². The highest BCUT2D eigenvalue weighted by molar-refractivity contribution is 5.54. The van der Waals surface area contributed by atoms with E-state index < -0.39 is 0 Å². The van der Waals surface area contributed by atoms with Crippen LogP contribution in [0.4, 0.5) is 5.69 Å². The van der Waals surface area contributed by atoms with Crippen LogP contribution in [0.1, 0.15) is 18.3 Å². The van der Waals surface area contributed by atoms with Crippen molar-refractivity contribution in [1.29, 1.82) is 0 Å². The molecule has 1 heterocycles. The Kier molecular flexibility index (Phi) is 4.01. The maximum atomic E-state index is 5.90. The predicted molar refractivity (Wildman–Crippen MR) is 65.8 cm³/mol. The lowest BCUT2D eigenvalue weighted by Gasteiger charge is -2.24. The smallest absolute Gasteiger partial charge is 0.183 e. The van der Waals surface area contributed by atoms with Crippen LogP contribution < -0.4 is 10.5 Å². The average Bonchev–Trinajstić information content (AvgIpc) is 2.38. The van der Waals surface area contributed by atoms with E-state index in [-0.39, 0.29) is 6.29 Å². The monoisotopic (exact) mass is 235 g/mol. The summed E-state index contributed by atoms with van der Waals surface area (Å²) >= 11 is 0. The van der Waals surface area contributed by atoms with Gasteiger partial charge in [0.2, 0.25) is 0 Å². The first-order valence-corrected chi connectivity index (χ1v) is 5.67. The quantitative estimate of drug-likeness (QED) is 0.642. The van der Waals surface area contributed by atoms with Crippen molar-refractivity contribution in [3.05, 3.63) is 36.4 Å². The fourth-order valence-corrected chi connectivity index (χ4v) is 1.67. The lowest BCUT2D eigenvalue weighted by atomic mass is 10.1. The van der Waals surface area contributed by atoms with Gasteiger partial charge in [0.25, 0.3) is 0 Å². The molecule has 0 aromatic heterocycles. The number of anilines is 1. The van der Waals surface area contributed by atoms with Gasteiger partial charge < -0.3 is 19.9 Å². The van der Waals surface area contributed by atoms with Gasteiger partial charge in [-0.2, -0.15) is 0 Å². The van der Waals surface area contributed by atoms with Crippen molar-refractivity contribution >= 4 is 5.69 Å². The van der Waals surface area contributed by atoms with Crippen LogP contribution in [0, 0.1) is 0 Å². The average molecular weight is 235 g/mol. The van der Waals surface area contributed by atoms with Crippen LogP contribution in [0.25, 0.3) is 0 Å². The van der Waals surface area contributed by atoms with Crippen LogP contribution in [-0.2, 0) is 9.47 Å². The van der Waals surface area contributed by atoms with Crippen LogP contribution >= 0.6 is 0 Å². The summed E-state index contributed by atoms with van der Waals surface area (Å²) in [6.45, 7) is 5.48. The fraction of sp³-hybridized carbons (Fsp3) is 0.385. The number of hydrogen-bond donors (Lipinski definition) is 1. The van der Waals surface area contributed by atoms with E-state index in [1.807, 2.05) is 18.2 Å².